The third-order valence-electron chi connectivity index (χ3n) is 0.391. The molecule has 0 aliphatic carbocycles. The van der Waals surface area contributed by atoms with Gasteiger partial charge in [0, 0.05) is 0 Å². The second-order valence-corrected chi connectivity index (χ2v) is 3.87. The van der Waals surface area contributed by atoms with Crippen LogP contribution in [0.4, 0.5) is 0 Å². The molecule has 0 fully saturated rings. The summed E-state index contributed by atoms with van der Waals surface area (Å²) in [5, 5.41) is 0. The van der Waals surface area contributed by atoms with Crippen LogP contribution in [0, 0.1) is 0 Å². The molecular weight excluding hydrogens is 168 g/mol. The smallest absolute Gasteiger partial charge is 0.346 e. The van der Waals surface area contributed by atoms with E-state index in [1.807, 2.05) is 5.70 Å². The maximum absolute atomic E-state index is 3.45. The van der Waals surface area contributed by atoms with Gasteiger partial charge in [0.15, 0.2) is 0 Å². The summed E-state index contributed by atoms with van der Waals surface area (Å²) in [6.45, 7) is 7.84. The molecule has 0 aromatic heterocycles. The van der Waals surface area contributed by atoms with Crippen molar-refractivity contribution in [1.82, 2.24) is 0 Å². The fourth-order valence-electron chi connectivity index (χ4n) is 0.204. The van der Waals surface area contributed by atoms with Crippen molar-refractivity contribution in [2.24, 2.45) is 0 Å². The van der Waals surface area contributed by atoms with Crippen molar-refractivity contribution in [2.75, 3.05) is 0 Å². The van der Waals surface area contributed by atoms with Crippen LogP contribution >= 0.6 is 0 Å². The number of halogens is 1. The third kappa shape index (κ3) is 10.7. The van der Waals surface area contributed by atoms with Crippen LogP contribution < -0.4 is 17.0 Å². The van der Waals surface area contributed by atoms with Crippen molar-refractivity contribution >= 4 is 8.80 Å². The molecule has 0 bridgehead atoms. The predicted octanol–water partition coefficient (Wildman–Crippen LogP) is -1.37. The molecule has 0 atom stereocenters. The Morgan fingerprint density at radius 1 is 1.57 bits per heavy atom. The van der Waals surface area contributed by atoms with Crippen molar-refractivity contribution in [3.8, 4) is 0 Å². The van der Waals surface area contributed by atoms with Gasteiger partial charge in [-0.15, -0.1) is 0 Å². The Labute approximate surface area is 57.3 Å². The van der Waals surface area contributed by atoms with Crippen molar-refractivity contribution in [1.29, 1.82) is 0 Å². The van der Waals surface area contributed by atoms with Gasteiger partial charge in [-0.25, -0.2) is 0 Å². The highest BCUT2D eigenvalue weighted by atomic mass is 79.9. The quantitative estimate of drug-likeness (QED) is 0.342. The summed E-state index contributed by atoms with van der Waals surface area (Å²) < 4.78 is 0. The van der Waals surface area contributed by atoms with E-state index >= 15 is 0 Å². The molecule has 0 unspecified atom stereocenters. The predicted molar refractivity (Wildman–Crippen MR) is 31.2 cm³/mol. The summed E-state index contributed by atoms with van der Waals surface area (Å²) in [6, 6.07) is 0. The Hall–Kier alpha value is 0.217. The van der Waals surface area contributed by atoms with Crippen LogP contribution in [0.1, 0.15) is 0 Å². The first-order valence-corrected chi connectivity index (χ1v) is 4.51. The number of hydrogen-bond acceptors (Lipinski definition) is 0. The zero-order chi connectivity index (χ0) is 4.99. The van der Waals surface area contributed by atoms with Crippen LogP contribution in [0.3, 0.4) is 0 Å². The Morgan fingerprint density at radius 2 is 2.00 bits per heavy atom. The van der Waals surface area contributed by atoms with Crippen LogP contribution in [-0.4, -0.2) is 8.80 Å². The summed E-state index contributed by atoms with van der Waals surface area (Å²) in [4.78, 5) is 0. The van der Waals surface area contributed by atoms with Crippen LogP contribution in [-0.2, 0) is 0 Å². The highest BCUT2D eigenvalue weighted by Gasteiger charge is 2.00. The Bertz CT molecular complexity index is 72.1. The van der Waals surface area contributed by atoms with Gasteiger partial charge in [0.05, 0.1) is 13.1 Å². The zero-order valence-electron chi connectivity index (χ0n) is 4.66. The van der Waals surface area contributed by atoms with Gasteiger partial charge in [0.25, 0.3) is 0 Å². The van der Waals surface area contributed by atoms with Gasteiger partial charge in [-0.3, -0.25) is 0 Å². The first kappa shape index (κ1) is 10.2. The van der Waals surface area contributed by atoms with E-state index < -0.39 is 0 Å². The minimum atomic E-state index is -0.184. The molecule has 7 heavy (non-hydrogen) atoms. The molecule has 0 aromatic rings. The number of rotatable bonds is 1. The molecule has 0 aliphatic rings. The van der Waals surface area contributed by atoms with E-state index in [9.17, 15) is 0 Å². The first-order chi connectivity index (χ1) is 2.77. The molecular formula is C5H9BrSi. The van der Waals surface area contributed by atoms with Crippen molar-refractivity contribution in [2.45, 2.75) is 13.1 Å². The Kier molecular flexibility index (Phi) is 9.10. The SMILES string of the molecule is C=C=C[Si+](C)C.[Br-]. The average molecular weight is 177 g/mol. The standard InChI is InChI=1S/C5H9Si.BrH/c1-4-5-6(2)3;/h5H,1H2,2-3H3;1H/q+1;/p-1. The lowest BCUT2D eigenvalue weighted by Gasteiger charge is -1.61. The van der Waals surface area contributed by atoms with E-state index in [0.29, 0.717) is 0 Å². The topological polar surface area (TPSA) is 0 Å². The summed E-state index contributed by atoms with van der Waals surface area (Å²) in [5.74, 6) is 0. The highest BCUT2D eigenvalue weighted by molar-refractivity contribution is 6.61. The Morgan fingerprint density at radius 3 is 2.00 bits per heavy atom. The minimum absolute atomic E-state index is 0. The lowest BCUT2D eigenvalue weighted by Crippen LogP contribution is -3.00. The molecule has 40 valence electrons. The van der Waals surface area contributed by atoms with Gasteiger partial charge in [0.1, 0.15) is 5.70 Å². The van der Waals surface area contributed by atoms with Gasteiger partial charge >= 0.3 is 8.80 Å². The molecule has 0 saturated heterocycles. The van der Waals surface area contributed by atoms with E-state index in [1.54, 1.807) is 0 Å². The molecule has 0 saturated carbocycles. The largest absolute Gasteiger partial charge is 1.00 e. The summed E-state index contributed by atoms with van der Waals surface area (Å²) in [5.41, 5.74) is 4.77. The lowest BCUT2D eigenvalue weighted by molar-refractivity contribution is -0.00000142. The van der Waals surface area contributed by atoms with E-state index in [0.717, 1.165) is 0 Å². The minimum Gasteiger partial charge on any atom is -1.00 e. The molecule has 0 spiro atoms. The summed E-state index contributed by atoms with van der Waals surface area (Å²) in [6.07, 6.45) is 0. The van der Waals surface area contributed by atoms with Crippen molar-refractivity contribution in [3.63, 3.8) is 0 Å². The molecule has 0 N–H and O–H groups in total. The molecule has 0 amide bonds. The first-order valence-electron chi connectivity index (χ1n) is 1.93. The lowest BCUT2D eigenvalue weighted by atomic mass is 11.0. The van der Waals surface area contributed by atoms with Crippen LogP contribution in [0.5, 0.6) is 0 Å². The van der Waals surface area contributed by atoms with Gasteiger partial charge in [-0.05, 0) is 0 Å². The van der Waals surface area contributed by atoms with E-state index in [-0.39, 0.29) is 25.8 Å². The maximum atomic E-state index is 3.45. The fraction of sp³-hybridized carbons (Fsp3) is 0.400. The summed E-state index contributed by atoms with van der Waals surface area (Å²) in [7, 11) is -0.184. The molecule has 2 heteroatoms. The Balaban J connectivity index is 0. The normalized spacial score (nSPS) is 5.43. The monoisotopic (exact) mass is 176 g/mol. The van der Waals surface area contributed by atoms with Crippen LogP contribution in [0.2, 0.25) is 13.1 Å². The van der Waals surface area contributed by atoms with Gasteiger partial charge < -0.3 is 17.0 Å². The second kappa shape index (κ2) is 6.22. The zero-order valence-corrected chi connectivity index (χ0v) is 7.25. The van der Waals surface area contributed by atoms with E-state index in [2.05, 4.69) is 25.4 Å². The van der Waals surface area contributed by atoms with Gasteiger partial charge in [-0.1, -0.05) is 12.3 Å². The van der Waals surface area contributed by atoms with E-state index in [4.69, 9.17) is 0 Å². The molecule has 0 aliphatic heterocycles. The molecule has 0 heterocycles. The maximum Gasteiger partial charge on any atom is 0.346 e. The molecule has 0 radical (unpaired) electrons. The molecule has 0 nitrogen and oxygen atoms in total. The fourth-order valence-corrected chi connectivity index (χ4v) is 0.612. The highest BCUT2D eigenvalue weighted by Crippen LogP contribution is 1.75. The molecule has 0 rings (SSSR count). The second-order valence-electron chi connectivity index (χ2n) is 1.43. The van der Waals surface area contributed by atoms with Crippen molar-refractivity contribution in [3.05, 3.63) is 18.0 Å². The molecule has 0 aromatic carbocycles. The van der Waals surface area contributed by atoms with Gasteiger partial charge in [0.2, 0.25) is 0 Å². The van der Waals surface area contributed by atoms with Gasteiger partial charge in [-0.2, -0.15) is 0 Å². The number of hydrogen-bond donors (Lipinski definition) is 0. The average Bonchev–Trinajstić information content (AvgIpc) is 1.35. The van der Waals surface area contributed by atoms with Crippen molar-refractivity contribution < 1.29 is 17.0 Å². The van der Waals surface area contributed by atoms with E-state index in [1.165, 1.54) is 0 Å². The summed E-state index contributed by atoms with van der Waals surface area (Å²) >= 11 is 0. The van der Waals surface area contributed by atoms with Crippen LogP contribution in [0.25, 0.3) is 0 Å². The third-order valence-corrected chi connectivity index (χ3v) is 1.17. The van der Waals surface area contributed by atoms with Crippen LogP contribution in [0.15, 0.2) is 18.0 Å².